The zero-order valence-corrected chi connectivity index (χ0v) is 12.2. The molecule has 1 aromatic carbocycles. The molecule has 1 heterocycles. The summed E-state index contributed by atoms with van der Waals surface area (Å²) >= 11 is 0. The lowest BCUT2D eigenvalue weighted by molar-refractivity contribution is 0.532. The molecule has 0 aliphatic carbocycles. The van der Waals surface area contributed by atoms with E-state index in [0.717, 1.165) is 6.54 Å². The first kappa shape index (κ1) is 13.7. The van der Waals surface area contributed by atoms with Crippen molar-refractivity contribution in [1.82, 2.24) is 9.78 Å². The number of aromatic nitrogens is 2. The Bertz CT molecular complexity index is 526. The molecule has 0 unspecified atom stereocenters. The van der Waals surface area contributed by atoms with Crippen LogP contribution in [0.2, 0.25) is 0 Å². The molecule has 1 N–H and O–H groups in total. The lowest BCUT2D eigenvalue weighted by Crippen LogP contribution is -2.01. The molecule has 0 atom stereocenters. The predicted molar refractivity (Wildman–Crippen MR) is 80.5 cm³/mol. The molecular formula is C16H23N3. The Morgan fingerprint density at radius 2 is 2.00 bits per heavy atom. The quantitative estimate of drug-likeness (QED) is 0.870. The molecule has 2 aromatic rings. The molecule has 3 heteroatoms. The Morgan fingerprint density at radius 3 is 2.63 bits per heavy atom. The van der Waals surface area contributed by atoms with Crippen LogP contribution in [0, 0.1) is 0 Å². The van der Waals surface area contributed by atoms with Gasteiger partial charge in [-0.3, -0.25) is 4.68 Å². The van der Waals surface area contributed by atoms with Gasteiger partial charge in [0.2, 0.25) is 0 Å². The highest BCUT2D eigenvalue weighted by Crippen LogP contribution is 2.19. The van der Waals surface area contributed by atoms with Crippen LogP contribution in [0.3, 0.4) is 0 Å². The van der Waals surface area contributed by atoms with Crippen molar-refractivity contribution in [2.45, 2.75) is 46.2 Å². The molecular weight excluding hydrogens is 234 g/mol. The first-order valence-corrected chi connectivity index (χ1v) is 6.93. The molecule has 0 aliphatic rings. The summed E-state index contributed by atoms with van der Waals surface area (Å²) < 4.78 is 1.99. The fraction of sp³-hybridized carbons (Fsp3) is 0.438. The third kappa shape index (κ3) is 3.60. The first-order chi connectivity index (χ1) is 9.06. The molecule has 0 radical (unpaired) electrons. The van der Waals surface area contributed by atoms with Crippen molar-refractivity contribution in [3.8, 4) is 0 Å². The highest BCUT2D eigenvalue weighted by atomic mass is 15.3. The van der Waals surface area contributed by atoms with Crippen LogP contribution >= 0.6 is 0 Å². The zero-order valence-electron chi connectivity index (χ0n) is 12.2. The van der Waals surface area contributed by atoms with Gasteiger partial charge in [-0.05, 0) is 37.5 Å². The number of hydrogen-bond acceptors (Lipinski definition) is 2. The molecule has 1 aromatic heterocycles. The van der Waals surface area contributed by atoms with Gasteiger partial charge in [-0.25, -0.2) is 0 Å². The molecule has 102 valence electrons. The number of nitrogens with one attached hydrogen (secondary N) is 1. The highest BCUT2D eigenvalue weighted by molar-refractivity contribution is 5.46. The maximum atomic E-state index is 4.35. The monoisotopic (exact) mass is 257 g/mol. The van der Waals surface area contributed by atoms with Gasteiger partial charge in [-0.1, -0.05) is 26.0 Å². The second-order valence-electron chi connectivity index (χ2n) is 5.56. The average molecular weight is 257 g/mol. The number of anilines is 1. The minimum Gasteiger partial charge on any atom is -0.381 e. The predicted octanol–water partition coefficient (Wildman–Crippen LogP) is 4.20. The van der Waals surface area contributed by atoms with Crippen LogP contribution in [0.4, 0.5) is 5.69 Å². The number of nitrogens with zero attached hydrogens (tertiary/aromatic N) is 2. The van der Waals surface area contributed by atoms with Gasteiger partial charge in [0.1, 0.15) is 0 Å². The summed E-state index contributed by atoms with van der Waals surface area (Å²) in [6.07, 6.45) is 4.03. The molecule has 19 heavy (non-hydrogen) atoms. The Morgan fingerprint density at radius 1 is 1.21 bits per heavy atom. The molecule has 0 saturated carbocycles. The van der Waals surface area contributed by atoms with E-state index in [-0.39, 0.29) is 0 Å². The third-order valence-corrected chi connectivity index (χ3v) is 3.23. The molecule has 0 aliphatic heterocycles. The number of benzene rings is 1. The Balaban J connectivity index is 1.99. The van der Waals surface area contributed by atoms with Crippen molar-refractivity contribution in [3.05, 3.63) is 47.8 Å². The molecule has 0 fully saturated rings. The normalized spacial score (nSPS) is 11.3. The van der Waals surface area contributed by atoms with Crippen LogP contribution in [0.5, 0.6) is 0 Å². The second-order valence-corrected chi connectivity index (χ2v) is 5.56. The summed E-state index contributed by atoms with van der Waals surface area (Å²) in [5, 5.41) is 7.81. The van der Waals surface area contributed by atoms with E-state index in [1.807, 2.05) is 10.9 Å². The Kier molecular flexibility index (Phi) is 4.25. The fourth-order valence-corrected chi connectivity index (χ4v) is 1.96. The molecule has 0 saturated heterocycles. The lowest BCUT2D eigenvalue weighted by atomic mass is 10.0. The first-order valence-electron chi connectivity index (χ1n) is 6.93. The van der Waals surface area contributed by atoms with Gasteiger partial charge in [-0.2, -0.15) is 5.10 Å². The van der Waals surface area contributed by atoms with E-state index in [4.69, 9.17) is 0 Å². The topological polar surface area (TPSA) is 29.9 Å². The van der Waals surface area contributed by atoms with Gasteiger partial charge in [0, 0.05) is 30.0 Å². The van der Waals surface area contributed by atoms with Crippen LogP contribution in [-0.4, -0.2) is 9.78 Å². The van der Waals surface area contributed by atoms with Crippen molar-refractivity contribution in [3.63, 3.8) is 0 Å². The zero-order chi connectivity index (χ0) is 13.8. The largest absolute Gasteiger partial charge is 0.381 e. The summed E-state index contributed by atoms with van der Waals surface area (Å²) in [5.74, 6) is 0.561. The minimum absolute atomic E-state index is 0.415. The van der Waals surface area contributed by atoms with Crippen LogP contribution in [0.1, 0.15) is 50.8 Å². The van der Waals surface area contributed by atoms with Gasteiger partial charge in [-0.15, -0.1) is 0 Å². The third-order valence-electron chi connectivity index (χ3n) is 3.23. The van der Waals surface area contributed by atoms with Gasteiger partial charge in [0.05, 0.1) is 6.20 Å². The van der Waals surface area contributed by atoms with Crippen molar-refractivity contribution in [1.29, 1.82) is 0 Å². The maximum absolute atomic E-state index is 4.35. The molecule has 0 amide bonds. The summed E-state index contributed by atoms with van der Waals surface area (Å²) in [6, 6.07) is 9.02. The highest BCUT2D eigenvalue weighted by Gasteiger charge is 2.03. The van der Waals surface area contributed by atoms with Crippen LogP contribution in [0.15, 0.2) is 36.7 Å². The molecule has 3 nitrogen and oxygen atoms in total. The van der Waals surface area contributed by atoms with E-state index in [2.05, 4.69) is 68.6 Å². The standard InChI is InChI=1S/C16H23N3/c1-12(2)15-6-5-7-16(8-15)17-9-14-10-18-19(11-14)13(3)4/h5-8,10-13,17H,9H2,1-4H3. The van der Waals surface area contributed by atoms with Crippen LogP contribution < -0.4 is 5.32 Å². The summed E-state index contributed by atoms with van der Waals surface area (Å²) in [6.45, 7) is 9.51. The van der Waals surface area contributed by atoms with Crippen molar-refractivity contribution in [2.24, 2.45) is 0 Å². The lowest BCUT2D eigenvalue weighted by Gasteiger charge is -2.09. The van der Waals surface area contributed by atoms with Crippen molar-refractivity contribution < 1.29 is 0 Å². The van der Waals surface area contributed by atoms with E-state index in [1.165, 1.54) is 16.8 Å². The fourth-order valence-electron chi connectivity index (χ4n) is 1.96. The summed E-state index contributed by atoms with van der Waals surface area (Å²) in [7, 11) is 0. The van der Waals surface area contributed by atoms with Gasteiger partial charge in [0.25, 0.3) is 0 Å². The van der Waals surface area contributed by atoms with Gasteiger partial charge >= 0.3 is 0 Å². The van der Waals surface area contributed by atoms with Crippen molar-refractivity contribution >= 4 is 5.69 Å². The van der Waals surface area contributed by atoms with E-state index in [1.54, 1.807) is 0 Å². The van der Waals surface area contributed by atoms with Crippen LogP contribution in [0.25, 0.3) is 0 Å². The van der Waals surface area contributed by atoms with E-state index < -0.39 is 0 Å². The number of hydrogen-bond donors (Lipinski definition) is 1. The minimum atomic E-state index is 0.415. The van der Waals surface area contributed by atoms with Gasteiger partial charge in [0.15, 0.2) is 0 Å². The second kappa shape index (κ2) is 5.91. The molecule has 0 bridgehead atoms. The number of rotatable bonds is 5. The Labute approximate surface area is 115 Å². The van der Waals surface area contributed by atoms with E-state index in [0.29, 0.717) is 12.0 Å². The van der Waals surface area contributed by atoms with Gasteiger partial charge < -0.3 is 5.32 Å². The summed E-state index contributed by atoms with van der Waals surface area (Å²) in [5.41, 5.74) is 3.75. The van der Waals surface area contributed by atoms with E-state index >= 15 is 0 Å². The SMILES string of the molecule is CC(C)c1cccc(NCc2cnn(C(C)C)c2)c1. The average Bonchev–Trinajstić information content (AvgIpc) is 2.85. The molecule has 0 spiro atoms. The van der Waals surface area contributed by atoms with Crippen molar-refractivity contribution in [2.75, 3.05) is 5.32 Å². The summed E-state index contributed by atoms with van der Waals surface area (Å²) in [4.78, 5) is 0. The van der Waals surface area contributed by atoms with E-state index in [9.17, 15) is 0 Å². The smallest absolute Gasteiger partial charge is 0.0539 e. The molecule has 2 rings (SSSR count). The Hall–Kier alpha value is -1.77. The maximum Gasteiger partial charge on any atom is 0.0539 e. The van der Waals surface area contributed by atoms with Crippen LogP contribution in [-0.2, 0) is 6.54 Å².